The van der Waals surface area contributed by atoms with Crippen molar-refractivity contribution in [3.05, 3.63) is 27.7 Å². The largest absolute Gasteiger partial charge is 0.503 e. The van der Waals surface area contributed by atoms with Crippen molar-refractivity contribution < 1.29 is 18.3 Å². The van der Waals surface area contributed by atoms with Crippen LogP contribution in [0.4, 0.5) is 13.2 Å². The van der Waals surface area contributed by atoms with Crippen molar-refractivity contribution in [2.24, 2.45) is 7.05 Å². The van der Waals surface area contributed by atoms with Crippen molar-refractivity contribution in [3.8, 4) is 5.75 Å². The number of aromatic nitrogens is 1. The van der Waals surface area contributed by atoms with Gasteiger partial charge >= 0.3 is 6.18 Å². The predicted octanol–water partition coefficient (Wildman–Crippen LogP) is 1.50. The van der Waals surface area contributed by atoms with E-state index in [1.165, 1.54) is 14.0 Å². The van der Waals surface area contributed by atoms with E-state index in [1.807, 2.05) is 0 Å². The van der Waals surface area contributed by atoms with Gasteiger partial charge in [-0.1, -0.05) is 0 Å². The maximum Gasteiger partial charge on any atom is 0.394 e. The molecule has 0 atom stereocenters. The molecule has 84 valence electrons. The van der Waals surface area contributed by atoms with Crippen LogP contribution in [0.5, 0.6) is 5.75 Å². The van der Waals surface area contributed by atoms with E-state index in [4.69, 9.17) is 0 Å². The van der Waals surface area contributed by atoms with Gasteiger partial charge < -0.3 is 9.67 Å². The van der Waals surface area contributed by atoms with Gasteiger partial charge in [-0.05, 0) is 6.92 Å². The van der Waals surface area contributed by atoms with Gasteiger partial charge in [0.05, 0.1) is 12.1 Å². The van der Waals surface area contributed by atoms with Crippen molar-refractivity contribution in [1.29, 1.82) is 0 Å². The van der Waals surface area contributed by atoms with Crippen LogP contribution >= 0.6 is 0 Å². The Morgan fingerprint density at radius 3 is 2.47 bits per heavy atom. The number of aromatic hydroxyl groups is 1. The van der Waals surface area contributed by atoms with E-state index in [1.54, 1.807) is 0 Å². The first-order valence-corrected chi connectivity index (χ1v) is 4.17. The first kappa shape index (κ1) is 11.6. The third-order valence-corrected chi connectivity index (χ3v) is 2.19. The molecule has 0 saturated carbocycles. The molecule has 6 heteroatoms. The van der Waals surface area contributed by atoms with Crippen molar-refractivity contribution in [1.82, 2.24) is 4.57 Å². The molecule has 1 aromatic rings. The summed E-state index contributed by atoms with van der Waals surface area (Å²) in [5.41, 5.74) is -0.825. The van der Waals surface area contributed by atoms with Crippen LogP contribution < -0.4 is 5.43 Å². The molecule has 0 spiro atoms. The summed E-state index contributed by atoms with van der Waals surface area (Å²) in [4.78, 5) is 11.1. The number of alkyl halides is 3. The lowest BCUT2D eigenvalue weighted by Crippen LogP contribution is -2.20. The third kappa shape index (κ3) is 2.51. The molecule has 15 heavy (non-hydrogen) atoms. The summed E-state index contributed by atoms with van der Waals surface area (Å²) in [7, 11) is 1.37. The summed E-state index contributed by atoms with van der Waals surface area (Å²) in [6.45, 7) is 1.39. The van der Waals surface area contributed by atoms with Crippen LogP contribution in [0, 0.1) is 6.92 Å². The highest BCUT2D eigenvalue weighted by atomic mass is 19.4. The molecule has 0 aliphatic heterocycles. The molecule has 0 aliphatic carbocycles. The van der Waals surface area contributed by atoms with E-state index in [0.717, 1.165) is 10.6 Å². The van der Waals surface area contributed by atoms with Gasteiger partial charge in [-0.2, -0.15) is 13.2 Å². The van der Waals surface area contributed by atoms with E-state index in [0.29, 0.717) is 0 Å². The van der Waals surface area contributed by atoms with Crippen LogP contribution in [-0.4, -0.2) is 15.8 Å². The highest BCUT2D eigenvalue weighted by molar-refractivity contribution is 5.28. The summed E-state index contributed by atoms with van der Waals surface area (Å²) in [6, 6.07) is 0.801. The monoisotopic (exact) mass is 221 g/mol. The Bertz CT molecular complexity index is 434. The maximum atomic E-state index is 12.1. The fourth-order valence-electron chi connectivity index (χ4n) is 1.24. The Morgan fingerprint density at radius 2 is 2.00 bits per heavy atom. The van der Waals surface area contributed by atoms with Crippen LogP contribution in [-0.2, 0) is 13.5 Å². The molecule has 0 aromatic carbocycles. The second-order valence-electron chi connectivity index (χ2n) is 3.28. The van der Waals surface area contributed by atoms with Gasteiger partial charge in [0, 0.05) is 18.8 Å². The zero-order chi connectivity index (χ0) is 11.8. The minimum absolute atomic E-state index is 0.127. The van der Waals surface area contributed by atoms with Gasteiger partial charge in [0.2, 0.25) is 5.43 Å². The van der Waals surface area contributed by atoms with Gasteiger partial charge in [0.1, 0.15) is 0 Å². The Balaban J connectivity index is 3.27. The summed E-state index contributed by atoms with van der Waals surface area (Å²) in [5, 5.41) is 9.20. The fraction of sp³-hybridized carbons (Fsp3) is 0.444. The lowest BCUT2D eigenvalue weighted by molar-refractivity contribution is -0.128. The zero-order valence-electron chi connectivity index (χ0n) is 8.22. The average Bonchev–Trinajstić information content (AvgIpc) is 2.08. The summed E-state index contributed by atoms with van der Waals surface area (Å²) in [5.74, 6) is -0.511. The SMILES string of the molecule is Cc1c(O)c(=O)cc(CC(F)(F)F)n1C. The Labute approximate surface area is 83.8 Å². The molecule has 1 N–H and O–H groups in total. The van der Waals surface area contributed by atoms with Gasteiger partial charge in [-0.3, -0.25) is 4.79 Å². The van der Waals surface area contributed by atoms with Crippen molar-refractivity contribution in [2.45, 2.75) is 19.5 Å². The number of rotatable bonds is 1. The summed E-state index contributed by atoms with van der Waals surface area (Å²) in [6.07, 6.45) is -5.55. The van der Waals surface area contributed by atoms with Crippen LogP contribution in [0.1, 0.15) is 11.4 Å². The Morgan fingerprint density at radius 1 is 1.47 bits per heavy atom. The highest BCUT2D eigenvalue weighted by Gasteiger charge is 2.29. The standard InChI is InChI=1S/C9H10F3NO2/c1-5-8(15)7(14)3-6(13(5)2)4-9(10,11)12/h3,15H,4H2,1-2H3. The molecule has 1 rings (SSSR count). The van der Waals surface area contributed by atoms with E-state index >= 15 is 0 Å². The lowest BCUT2D eigenvalue weighted by Gasteiger charge is -2.14. The normalized spacial score (nSPS) is 11.8. The second-order valence-corrected chi connectivity index (χ2v) is 3.28. The number of hydrogen-bond donors (Lipinski definition) is 1. The average molecular weight is 221 g/mol. The topological polar surface area (TPSA) is 42.2 Å². The summed E-state index contributed by atoms with van der Waals surface area (Å²) < 4.78 is 37.5. The van der Waals surface area contributed by atoms with Crippen molar-refractivity contribution in [2.75, 3.05) is 0 Å². The Kier molecular flexibility index (Phi) is 2.79. The number of halogens is 3. The lowest BCUT2D eigenvalue weighted by atomic mass is 10.2. The molecule has 0 amide bonds. The predicted molar refractivity (Wildman–Crippen MR) is 47.8 cm³/mol. The van der Waals surface area contributed by atoms with Crippen LogP contribution in [0.25, 0.3) is 0 Å². The van der Waals surface area contributed by atoms with E-state index in [-0.39, 0.29) is 11.4 Å². The first-order chi connectivity index (χ1) is 6.72. The van der Waals surface area contributed by atoms with Gasteiger partial charge in [0.25, 0.3) is 0 Å². The molecule has 1 heterocycles. The molecule has 1 aromatic heterocycles. The Hall–Kier alpha value is -1.46. The number of nitrogens with zero attached hydrogens (tertiary/aromatic N) is 1. The molecular weight excluding hydrogens is 211 g/mol. The quantitative estimate of drug-likeness (QED) is 0.780. The molecule has 0 saturated heterocycles. The smallest absolute Gasteiger partial charge is 0.394 e. The second kappa shape index (κ2) is 3.60. The molecule has 0 fully saturated rings. The minimum atomic E-state index is -4.37. The van der Waals surface area contributed by atoms with E-state index < -0.39 is 23.8 Å². The van der Waals surface area contributed by atoms with Crippen LogP contribution in [0.3, 0.4) is 0 Å². The molecule has 0 unspecified atom stereocenters. The minimum Gasteiger partial charge on any atom is -0.503 e. The van der Waals surface area contributed by atoms with Gasteiger partial charge in [-0.25, -0.2) is 0 Å². The fourth-order valence-corrected chi connectivity index (χ4v) is 1.24. The van der Waals surface area contributed by atoms with E-state index in [2.05, 4.69) is 0 Å². The molecule has 3 nitrogen and oxygen atoms in total. The number of pyridine rings is 1. The summed E-state index contributed by atoms with van der Waals surface area (Å²) >= 11 is 0. The zero-order valence-corrected chi connectivity index (χ0v) is 8.22. The molecule has 0 bridgehead atoms. The van der Waals surface area contributed by atoms with Crippen molar-refractivity contribution in [3.63, 3.8) is 0 Å². The first-order valence-electron chi connectivity index (χ1n) is 4.17. The van der Waals surface area contributed by atoms with E-state index in [9.17, 15) is 23.1 Å². The number of hydrogen-bond acceptors (Lipinski definition) is 2. The highest BCUT2D eigenvalue weighted by Crippen LogP contribution is 2.22. The maximum absolute atomic E-state index is 12.1. The van der Waals surface area contributed by atoms with Gasteiger partial charge in [-0.15, -0.1) is 0 Å². The van der Waals surface area contributed by atoms with Gasteiger partial charge in [0.15, 0.2) is 5.75 Å². The van der Waals surface area contributed by atoms with Crippen molar-refractivity contribution >= 4 is 0 Å². The molecule has 0 aliphatic rings. The van der Waals surface area contributed by atoms with Crippen LogP contribution in [0.15, 0.2) is 10.9 Å². The molecule has 0 radical (unpaired) electrons. The third-order valence-electron chi connectivity index (χ3n) is 2.19. The van der Waals surface area contributed by atoms with Crippen LogP contribution in [0.2, 0.25) is 0 Å². The molecular formula is C9H10F3NO2.